The Morgan fingerprint density at radius 3 is 2.72 bits per heavy atom. The van der Waals surface area contributed by atoms with Gasteiger partial charge in [0.25, 0.3) is 5.78 Å². The predicted octanol–water partition coefficient (Wildman–Crippen LogP) is 7.13. The van der Waals surface area contributed by atoms with Crippen molar-refractivity contribution in [3.8, 4) is 5.75 Å². The second kappa shape index (κ2) is 10.0. The van der Waals surface area contributed by atoms with Crippen LogP contribution in [0.2, 0.25) is 5.02 Å². The van der Waals surface area contributed by atoms with Crippen molar-refractivity contribution >= 4 is 71.7 Å². The first-order valence-electron chi connectivity index (χ1n) is 11.2. The molecule has 2 heterocycles. The van der Waals surface area contributed by atoms with Crippen molar-refractivity contribution in [1.29, 1.82) is 0 Å². The lowest BCUT2D eigenvalue weighted by atomic mass is 9.95. The number of amides is 1. The van der Waals surface area contributed by atoms with Crippen molar-refractivity contribution in [3.63, 3.8) is 0 Å². The molecule has 36 heavy (non-hydrogen) atoms. The minimum absolute atomic E-state index is 0.0111. The summed E-state index contributed by atoms with van der Waals surface area (Å²) in [5, 5.41) is 12.3. The monoisotopic (exact) mass is 582 g/mol. The van der Waals surface area contributed by atoms with Crippen LogP contribution in [0, 0.1) is 0 Å². The molecule has 1 amide bonds. The Labute approximate surface area is 224 Å². The van der Waals surface area contributed by atoms with Crippen molar-refractivity contribution in [2.24, 2.45) is 0 Å². The van der Waals surface area contributed by atoms with Gasteiger partial charge >= 0.3 is 5.91 Å². The largest absolute Gasteiger partial charge is 0.507 e. The van der Waals surface area contributed by atoms with Gasteiger partial charge in [0.15, 0.2) is 5.13 Å². The average Bonchev–Trinajstić information content (AvgIpc) is 3.40. The van der Waals surface area contributed by atoms with E-state index >= 15 is 0 Å². The van der Waals surface area contributed by atoms with Crippen LogP contribution >= 0.6 is 38.9 Å². The second-order valence-corrected chi connectivity index (χ2v) is 10.6. The van der Waals surface area contributed by atoms with Gasteiger partial charge in [-0.1, -0.05) is 70.1 Å². The Kier molecular flexibility index (Phi) is 6.83. The molecule has 1 N–H and O–H groups in total. The van der Waals surface area contributed by atoms with E-state index in [9.17, 15) is 14.7 Å². The molecule has 0 saturated carbocycles. The standard InChI is InChI=1S/C27H20BrClN2O4S/c1-2-11-35-19-8-4-6-16(13-19)24(32)22-23(15-5-3-7-17(28)12-15)31(26(34)25(22)33)27-30-20-10-9-18(29)14-21(20)36-27/h3-10,12-14,23,32H,2,11H2,1H3/b24-22+. The fraction of sp³-hybridized carbons (Fsp3) is 0.148. The van der Waals surface area contributed by atoms with Gasteiger partial charge in [-0.2, -0.15) is 0 Å². The number of fused-ring (bicyclic) bond motifs is 1. The quantitative estimate of drug-likeness (QED) is 0.148. The zero-order valence-corrected chi connectivity index (χ0v) is 22.2. The van der Waals surface area contributed by atoms with Crippen molar-refractivity contribution in [3.05, 3.63) is 92.9 Å². The molecule has 1 unspecified atom stereocenters. The number of ketones is 1. The number of ether oxygens (including phenoxy) is 1. The summed E-state index contributed by atoms with van der Waals surface area (Å²) in [7, 11) is 0. The maximum Gasteiger partial charge on any atom is 0.301 e. The highest BCUT2D eigenvalue weighted by molar-refractivity contribution is 9.10. The van der Waals surface area contributed by atoms with E-state index in [0.717, 1.165) is 15.6 Å². The van der Waals surface area contributed by atoms with Crippen LogP contribution in [0.5, 0.6) is 5.75 Å². The molecule has 0 radical (unpaired) electrons. The normalized spacial score (nSPS) is 17.2. The number of nitrogens with zero attached hydrogens (tertiary/aromatic N) is 2. The van der Waals surface area contributed by atoms with E-state index in [-0.39, 0.29) is 11.3 Å². The highest BCUT2D eigenvalue weighted by atomic mass is 79.9. The number of rotatable bonds is 6. The summed E-state index contributed by atoms with van der Waals surface area (Å²) in [5.74, 6) is -1.25. The molecule has 0 aliphatic carbocycles. The molecular weight excluding hydrogens is 564 g/mol. The highest BCUT2D eigenvalue weighted by Gasteiger charge is 2.48. The average molecular weight is 584 g/mol. The summed E-state index contributed by atoms with van der Waals surface area (Å²) in [5.41, 5.74) is 1.69. The van der Waals surface area contributed by atoms with Crippen molar-refractivity contribution in [2.75, 3.05) is 11.5 Å². The van der Waals surface area contributed by atoms with Gasteiger partial charge in [-0.05, 0) is 54.4 Å². The zero-order chi connectivity index (χ0) is 25.4. The van der Waals surface area contributed by atoms with Crippen molar-refractivity contribution in [2.45, 2.75) is 19.4 Å². The molecule has 1 saturated heterocycles. The Morgan fingerprint density at radius 1 is 1.14 bits per heavy atom. The van der Waals surface area contributed by atoms with Crippen LogP contribution in [0.3, 0.4) is 0 Å². The minimum atomic E-state index is -0.876. The van der Waals surface area contributed by atoms with Gasteiger partial charge in [0.1, 0.15) is 11.5 Å². The Hall–Kier alpha value is -3.20. The second-order valence-electron chi connectivity index (χ2n) is 8.21. The first-order chi connectivity index (χ1) is 17.4. The number of anilines is 1. The van der Waals surface area contributed by atoms with Gasteiger partial charge in [0.05, 0.1) is 28.4 Å². The molecule has 1 fully saturated rings. The van der Waals surface area contributed by atoms with E-state index < -0.39 is 17.7 Å². The van der Waals surface area contributed by atoms with E-state index in [2.05, 4.69) is 20.9 Å². The number of aromatic nitrogens is 1. The molecule has 182 valence electrons. The molecule has 4 aromatic rings. The molecular formula is C27H20BrClN2O4S. The van der Waals surface area contributed by atoms with E-state index in [1.807, 2.05) is 31.2 Å². The molecule has 3 aromatic carbocycles. The first-order valence-corrected chi connectivity index (χ1v) is 13.2. The smallest absolute Gasteiger partial charge is 0.301 e. The van der Waals surface area contributed by atoms with Gasteiger partial charge in [-0.25, -0.2) is 4.98 Å². The summed E-state index contributed by atoms with van der Waals surface area (Å²) < 4.78 is 7.26. The van der Waals surface area contributed by atoms with Crippen LogP contribution in [0.15, 0.2) is 76.8 Å². The van der Waals surface area contributed by atoms with Gasteiger partial charge in [-0.15, -0.1) is 0 Å². The van der Waals surface area contributed by atoms with Crippen molar-refractivity contribution < 1.29 is 19.4 Å². The number of hydrogen-bond donors (Lipinski definition) is 1. The van der Waals surface area contributed by atoms with E-state index in [1.165, 1.54) is 16.2 Å². The summed E-state index contributed by atoms with van der Waals surface area (Å²) in [6.07, 6.45) is 0.831. The Balaban J connectivity index is 1.69. The van der Waals surface area contributed by atoms with Gasteiger partial charge < -0.3 is 9.84 Å². The number of thiazole rings is 1. The third kappa shape index (κ3) is 4.52. The number of hydrogen-bond acceptors (Lipinski definition) is 6. The summed E-state index contributed by atoms with van der Waals surface area (Å²) in [6, 6.07) is 18.5. The van der Waals surface area contributed by atoms with Crippen molar-refractivity contribution in [1.82, 2.24) is 4.98 Å². The first kappa shape index (κ1) is 24.5. The van der Waals surface area contributed by atoms with E-state index in [1.54, 1.807) is 42.5 Å². The van der Waals surface area contributed by atoms with Crippen LogP contribution in [0.4, 0.5) is 5.13 Å². The third-order valence-electron chi connectivity index (χ3n) is 5.73. The van der Waals surface area contributed by atoms with Crippen LogP contribution in [0.1, 0.15) is 30.5 Å². The van der Waals surface area contributed by atoms with Gasteiger partial charge in [0, 0.05) is 15.1 Å². The zero-order valence-electron chi connectivity index (χ0n) is 19.1. The SMILES string of the molecule is CCCOc1cccc(/C(O)=C2\C(=O)C(=O)N(c3nc4ccc(Cl)cc4s3)C2c2cccc(Br)c2)c1. The predicted molar refractivity (Wildman–Crippen MR) is 146 cm³/mol. The maximum absolute atomic E-state index is 13.4. The minimum Gasteiger partial charge on any atom is -0.507 e. The number of aliphatic hydroxyl groups is 1. The van der Waals surface area contributed by atoms with Gasteiger partial charge in [-0.3, -0.25) is 14.5 Å². The number of Topliss-reactive ketones (excluding diaryl/α,β-unsaturated/α-hetero) is 1. The molecule has 1 aliphatic heterocycles. The molecule has 1 aromatic heterocycles. The van der Waals surface area contributed by atoms with Crippen LogP contribution in [-0.4, -0.2) is 28.4 Å². The summed E-state index contributed by atoms with van der Waals surface area (Å²) in [4.78, 5) is 32.8. The molecule has 1 atom stereocenters. The van der Waals surface area contributed by atoms with Crippen LogP contribution in [-0.2, 0) is 9.59 Å². The number of benzene rings is 3. The summed E-state index contributed by atoms with van der Waals surface area (Å²) >= 11 is 10.9. The maximum atomic E-state index is 13.4. The van der Waals surface area contributed by atoms with E-state index in [4.69, 9.17) is 16.3 Å². The molecule has 5 rings (SSSR count). The fourth-order valence-electron chi connectivity index (χ4n) is 4.12. The number of carbonyl (C=O) groups is 2. The number of halogens is 2. The highest BCUT2D eigenvalue weighted by Crippen LogP contribution is 2.45. The number of aliphatic hydroxyl groups excluding tert-OH is 1. The fourth-order valence-corrected chi connectivity index (χ4v) is 5.81. The lowest BCUT2D eigenvalue weighted by Gasteiger charge is -2.23. The van der Waals surface area contributed by atoms with E-state index in [0.29, 0.717) is 39.2 Å². The lowest BCUT2D eigenvalue weighted by molar-refractivity contribution is -0.132. The molecule has 0 spiro atoms. The topological polar surface area (TPSA) is 79.7 Å². The number of carbonyl (C=O) groups excluding carboxylic acids is 2. The molecule has 0 bridgehead atoms. The molecule has 9 heteroatoms. The molecule has 1 aliphatic rings. The van der Waals surface area contributed by atoms with Crippen LogP contribution in [0.25, 0.3) is 16.0 Å². The van der Waals surface area contributed by atoms with Gasteiger partial charge in [0.2, 0.25) is 0 Å². The Bertz CT molecular complexity index is 1530. The van der Waals surface area contributed by atoms with Crippen LogP contribution < -0.4 is 9.64 Å². The third-order valence-corrected chi connectivity index (χ3v) is 7.48. The Morgan fingerprint density at radius 2 is 1.94 bits per heavy atom. The summed E-state index contributed by atoms with van der Waals surface area (Å²) in [6.45, 7) is 2.52. The molecule has 6 nitrogen and oxygen atoms in total. The lowest BCUT2D eigenvalue weighted by Crippen LogP contribution is -2.29.